The molecule has 1 saturated carbocycles. The fourth-order valence-electron chi connectivity index (χ4n) is 2.06. The number of hydrogen-bond acceptors (Lipinski definition) is 4. The quantitative estimate of drug-likeness (QED) is 0.474. The summed E-state index contributed by atoms with van der Waals surface area (Å²) in [4.78, 5) is 12.8. The lowest BCUT2D eigenvalue weighted by molar-refractivity contribution is -0.385. The molecular weight excluding hydrogens is 266 g/mol. The Balaban J connectivity index is 1.86. The minimum atomic E-state index is -0.390. The summed E-state index contributed by atoms with van der Waals surface area (Å²) < 4.78 is 0. The number of hydrogen-bond donors (Lipinski definition) is 1. The number of benzene rings is 1. The van der Waals surface area contributed by atoms with Crippen LogP contribution in [0.25, 0.3) is 0 Å². The molecule has 0 radical (unpaired) electrons. The van der Waals surface area contributed by atoms with Gasteiger partial charge in [0.1, 0.15) is 0 Å². The molecular formula is C13H18ClN3O2. The Morgan fingerprint density at radius 1 is 1.53 bits per heavy atom. The van der Waals surface area contributed by atoms with Crippen LogP contribution in [-0.2, 0) is 6.54 Å². The maximum Gasteiger partial charge on any atom is 0.275 e. The van der Waals surface area contributed by atoms with E-state index in [1.165, 1.54) is 18.9 Å². The number of likely N-dealkylation sites (N-methyl/N-ethyl adjacent to an activating group) is 1. The molecule has 1 aliphatic carbocycles. The van der Waals surface area contributed by atoms with Crippen LogP contribution in [0.5, 0.6) is 0 Å². The normalized spacial score (nSPS) is 14.9. The smallest absolute Gasteiger partial charge is 0.275 e. The molecule has 1 aromatic rings. The van der Waals surface area contributed by atoms with Crippen LogP contribution in [0, 0.1) is 10.1 Å². The van der Waals surface area contributed by atoms with E-state index >= 15 is 0 Å². The van der Waals surface area contributed by atoms with Crippen molar-refractivity contribution in [3.8, 4) is 0 Å². The predicted molar refractivity (Wildman–Crippen MR) is 75.5 cm³/mol. The van der Waals surface area contributed by atoms with Crippen molar-refractivity contribution >= 4 is 17.3 Å². The van der Waals surface area contributed by atoms with Gasteiger partial charge in [0.25, 0.3) is 5.69 Å². The average Bonchev–Trinajstić information content (AvgIpc) is 3.19. The van der Waals surface area contributed by atoms with Crippen LogP contribution in [0.1, 0.15) is 18.4 Å². The van der Waals surface area contributed by atoms with E-state index in [0.717, 1.165) is 19.1 Å². The van der Waals surface area contributed by atoms with Crippen molar-refractivity contribution in [3.63, 3.8) is 0 Å². The molecule has 0 heterocycles. The Bertz CT molecular complexity index is 463. The third kappa shape index (κ3) is 3.89. The molecule has 5 nitrogen and oxygen atoms in total. The van der Waals surface area contributed by atoms with E-state index in [1.54, 1.807) is 12.1 Å². The minimum absolute atomic E-state index is 0.0792. The van der Waals surface area contributed by atoms with E-state index in [-0.39, 0.29) is 10.6 Å². The first kappa shape index (κ1) is 14.2. The summed E-state index contributed by atoms with van der Waals surface area (Å²) >= 11 is 6.02. The second kappa shape index (κ2) is 6.32. The summed E-state index contributed by atoms with van der Waals surface area (Å²) in [6.45, 7) is 2.17. The van der Waals surface area contributed by atoms with Crippen molar-refractivity contribution in [2.75, 3.05) is 20.1 Å². The van der Waals surface area contributed by atoms with Crippen LogP contribution in [0.3, 0.4) is 0 Å². The maximum atomic E-state index is 10.9. The highest BCUT2D eigenvalue weighted by Gasteiger charge is 2.25. The summed E-state index contributed by atoms with van der Waals surface area (Å²) in [5.74, 6) is 0. The fraction of sp³-hybridized carbons (Fsp3) is 0.538. The summed E-state index contributed by atoms with van der Waals surface area (Å²) in [5.41, 5.74) is 0.638. The zero-order valence-electron chi connectivity index (χ0n) is 10.9. The molecule has 1 aliphatic rings. The van der Waals surface area contributed by atoms with E-state index in [0.29, 0.717) is 17.1 Å². The molecule has 1 fully saturated rings. The van der Waals surface area contributed by atoms with Crippen LogP contribution in [-0.4, -0.2) is 36.0 Å². The number of nitro groups is 1. The van der Waals surface area contributed by atoms with E-state index in [1.807, 2.05) is 0 Å². The van der Waals surface area contributed by atoms with E-state index < -0.39 is 0 Å². The van der Waals surface area contributed by atoms with E-state index in [9.17, 15) is 10.1 Å². The molecule has 6 heteroatoms. The monoisotopic (exact) mass is 283 g/mol. The molecule has 0 unspecified atom stereocenters. The van der Waals surface area contributed by atoms with E-state index in [4.69, 9.17) is 11.6 Å². The molecule has 1 aromatic carbocycles. The van der Waals surface area contributed by atoms with Crippen molar-refractivity contribution in [3.05, 3.63) is 38.9 Å². The van der Waals surface area contributed by atoms with Crippen LogP contribution in [0.15, 0.2) is 18.2 Å². The largest absolute Gasteiger partial charge is 0.311 e. The van der Waals surface area contributed by atoms with Crippen LogP contribution in [0.2, 0.25) is 5.02 Å². The fourth-order valence-corrected chi connectivity index (χ4v) is 2.30. The summed E-state index contributed by atoms with van der Waals surface area (Å²) in [6, 6.07) is 5.50. The lowest BCUT2D eigenvalue weighted by atomic mass is 10.2. The number of rotatable bonds is 7. The van der Waals surface area contributed by atoms with Gasteiger partial charge in [-0.05, 0) is 26.0 Å². The lowest BCUT2D eigenvalue weighted by Gasteiger charge is -2.15. The standard InChI is InChI=1S/C13H18ClN3O2/c1-16(10-5-6-10)8-7-15-9-11-12(14)3-2-4-13(11)17(18)19/h2-4,10,15H,5-9H2,1H3. The van der Waals surface area contributed by atoms with E-state index in [2.05, 4.69) is 17.3 Å². The topological polar surface area (TPSA) is 58.4 Å². The Morgan fingerprint density at radius 2 is 2.26 bits per heavy atom. The van der Waals surface area contributed by atoms with Gasteiger partial charge in [-0.2, -0.15) is 0 Å². The van der Waals surface area contributed by atoms with Gasteiger partial charge in [-0.3, -0.25) is 10.1 Å². The highest BCUT2D eigenvalue weighted by molar-refractivity contribution is 6.31. The van der Waals surface area contributed by atoms with Crippen molar-refractivity contribution in [2.24, 2.45) is 0 Å². The van der Waals surface area contributed by atoms with Gasteiger partial charge in [-0.1, -0.05) is 17.7 Å². The number of nitro benzene ring substituents is 1. The van der Waals surface area contributed by atoms with Crippen molar-refractivity contribution < 1.29 is 4.92 Å². The molecule has 0 spiro atoms. The van der Waals surface area contributed by atoms with Gasteiger partial charge in [0, 0.05) is 31.7 Å². The summed E-state index contributed by atoms with van der Waals surface area (Å²) in [5, 5.41) is 14.6. The predicted octanol–water partition coefficient (Wildman–Crippen LogP) is 2.43. The molecule has 0 aromatic heterocycles. The maximum absolute atomic E-state index is 10.9. The Morgan fingerprint density at radius 3 is 2.89 bits per heavy atom. The van der Waals surface area contributed by atoms with Crippen LogP contribution in [0.4, 0.5) is 5.69 Å². The van der Waals surface area contributed by atoms with Gasteiger partial charge >= 0.3 is 0 Å². The van der Waals surface area contributed by atoms with Crippen LogP contribution < -0.4 is 5.32 Å². The minimum Gasteiger partial charge on any atom is -0.311 e. The molecule has 104 valence electrons. The van der Waals surface area contributed by atoms with Crippen molar-refractivity contribution in [1.82, 2.24) is 10.2 Å². The SMILES string of the molecule is CN(CCNCc1c(Cl)cccc1[N+](=O)[O-])C1CC1. The average molecular weight is 284 g/mol. The first-order valence-electron chi connectivity index (χ1n) is 6.42. The zero-order valence-corrected chi connectivity index (χ0v) is 11.7. The van der Waals surface area contributed by atoms with Gasteiger partial charge in [0.2, 0.25) is 0 Å². The summed E-state index contributed by atoms with van der Waals surface area (Å²) in [7, 11) is 2.11. The second-order valence-electron chi connectivity index (χ2n) is 4.88. The van der Waals surface area contributed by atoms with Crippen LogP contribution >= 0.6 is 11.6 Å². The molecule has 19 heavy (non-hydrogen) atoms. The molecule has 1 N–H and O–H groups in total. The van der Waals surface area contributed by atoms with Gasteiger partial charge in [0.15, 0.2) is 0 Å². The van der Waals surface area contributed by atoms with Gasteiger partial charge in [-0.15, -0.1) is 0 Å². The second-order valence-corrected chi connectivity index (χ2v) is 5.29. The van der Waals surface area contributed by atoms with Gasteiger partial charge in [0.05, 0.1) is 15.5 Å². The van der Waals surface area contributed by atoms with Gasteiger partial charge in [-0.25, -0.2) is 0 Å². The van der Waals surface area contributed by atoms with Gasteiger partial charge < -0.3 is 10.2 Å². The third-order valence-electron chi connectivity index (χ3n) is 3.40. The first-order valence-corrected chi connectivity index (χ1v) is 6.80. The molecule has 0 atom stereocenters. The number of halogens is 1. The molecule has 2 rings (SSSR count). The first-order chi connectivity index (χ1) is 9.09. The van der Waals surface area contributed by atoms with Crippen molar-refractivity contribution in [1.29, 1.82) is 0 Å². The number of nitrogens with zero attached hydrogens (tertiary/aromatic N) is 2. The molecule has 0 aliphatic heterocycles. The Kier molecular flexibility index (Phi) is 4.74. The molecule has 0 amide bonds. The Labute approximate surface area is 117 Å². The lowest BCUT2D eigenvalue weighted by Crippen LogP contribution is -2.30. The molecule has 0 saturated heterocycles. The Hall–Kier alpha value is -1.17. The molecule has 0 bridgehead atoms. The highest BCUT2D eigenvalue weighted by Crippen LogP contribution is 2.26. The summed E-state index contributed by atoms with van der Waals surface area (Å²) in [6.07, 6.45) is 2.57. The highest BCUT2D eigenvalue weighted by atomic mass is 35.5. The van der Waals surface area contributed by atoms with Crippen molar-refractivity contribution in [2.45, 2.75) is 25.4 Å². The number of nitrogens with one attached hydrogen (secondary N) is 1. The zero-order chi connectivity index (χ0) is 13.8. The third-order valence-corrected chi connectivity index (χ3v) is 3.76.